The van der Waals surface area contributed by atoms with Crippen LogP contribution in [0.2, 0.25) is 5.02 Å². The van der Waals surface area contributed by atoms with Crippen LogP contribution in [-0.4, -0.2) is 18.5 Å². The summed E-state index contributed by atoms with van der Waals surface area (Å²) in [6, 6.07) is 11.6. The summed E-state index contributed by atoms with van der Waals surface area (Å²) in [5.74, 6) is -2.62. The van der Waals surface area contributed by atoms with Crippen molar-refractivity contribution in [1.29, 1.82) is 5.26 Å². The number of rotatable bonds is 6. The molecule has 0 bridgehead atoms. The number of hydrogen-bond donors (Lipinski definition) is 1. The number of nitrogens with zero attached hydrogens (tertiary/aromatic N) is 1. The molecule has 1 N–H and O–H groups in total. The summed E-state index contributed by atoms with van der Waals surface area (Å²) in [5, 5.41) is 22.0. The van der Waals surface area contributed by atoms with E-state index < -0.39 is 24.3 Å². The number of ether oxygens (including phenoxy) is 1. The van der Waals surface area contributed by atoms with Gasteiger partial charge in [-0.15, -0.1) is 0 Å². The highest BCUT2D eigenvalue weighted by atomic mass is 35.5. The lowest BCUT2D eigenvalue weighted by molar-refractivity contribution is -0.307. The lowest BCUT2D eigenvalue weighted by Crippen LogP contribution is -2.29. The molecule has 26 heavy (non-hydrogen) atoms. The van der Waals surface area contributed by atoms with Crippen LogP contribution in [0.1, 0.15) is 5.56 Å². The number of aliphatic carboxylic acids is 1. The van der Waals surface area contributed by atoms with Gasteiger partial charge < -0.3 is 20.0 Å². The van der Waals surface area contributed by atoms with E-state index in [-0.39, 0.29) is 22.0 Å². The zero-order valence-electron chi connectivity index (χ0n) is 13.2. The van der Waals surface area contributed by atoms with Gasteiger partial charge >= 0.3 is 0 Å². The van der Waals surface area contributed by atoms with Crippen molar-refractivity contribution in [3.63, 3.8) is 0 Å². The standard InChI is InChI=1S/C18H12ClFN2O4/c19-14-8-13(5-6-15(14)20)22-18(25)12(9-21)7-11-3-1-2-4-16(11)26-10-17(23)24/h1-8H,10H2,(H,22,25)(H,23,24)/p-1/b12-7+. The number of carboxylic acid groups (broad SMARTS) is 1. The summed E-state index contributed by atoms with van der Waals surface area (Å²) in [6.45, 7) is -0.674. The third-order valence-corrected chi connectivity index (χ3v) is 3.40. The molecule has 2 rings (SSSR count). The average molecular weight is 374 g/mol. The van der Waals surface area contributed by atoms with Crippen LogP contribution in [-0.2, 0) is 9.59 Å². The van der Waals surface area contributed by atoms with E-state index in [1.165, 1.54) is 24.3 Å². The third-order valence-electron chi connectivity index (χ3n) is 3.11. The average Bonchev–Trinajstić information content (AvgIpc) is 2.61. The number of benzene rings is 2. The van der Waals surface area contributed by atoms with Crippen molar-refractivity contribution in [2.45, 2.75) is 0 Å². The van der Waals surface area contributed by atoms with Gasteiger partial charge in [-0.1, -0.05) is 29.8 Å². The summed E-state index contributed by atoms with van der Waals surface area (Å²) in [5.41, 5.74) is 0.275. The van der Waals surface area contributed by atoms with Crippen molar-refractivity contribution in [3.05, 3.63) is 64.4 Å². The predicted molar refractivity (Wildman–Crippen MR) is 90.6 cm³/mol. The van der Waals surface area contributed by atoms with Gasteiger partial charge in [-0.3, -0.25) is 4.79 Å². The molecule has 0 fully saturated rings. The van der Waals surface area contributed by atoms with Crippen LogP contribution in [0.5, 0.6) is 5.75 Å². The minimum absolute atomic E-state index is 0.169. The maximum Gasteiger partial charge on any atom is 0.266 e. The lowest BCUT2D eigenvalue weighted by Gasteiger charge is -2.10. The SMILES string of the molecule is N#C/C(=C\c1ccccc1OCC(=O)[O-])C(=O)Nc1ccc(F)c(Cl)c1. The number of carboxylic acids is 1. The van der Waals surface area contributed by atoms with Gasteiger partial charge in [0.25, 0.3) is 5.91 Å². The molecular formula is C18H11ClFN2O4-. The van der Waals surface area contributed by atoms with Crippen LogP contribution >= 0.6 is 11.6 Å². The maximum absolute atomic E-state index is 13.2. The number of nitrogens with one attached hydrogen (secondary N) is 1. The Hall–Kier alpha value is -3.37. The fraction of sp³-hybridized carbons (Fsp3) is 0.0556. The van der Waals surface area contributed by atoms with Gasteiger partial charge in [-0.25, -0.2) is 4.39 Å². The number of carbonyl (C=O) groups is 2. The lowest BCUT2D eigenvalue weighted by atomic mass is 10.1. The van der Waals surface area contributed by atoms with Crippen LogP contribution in [0.15, 0.2) is 48.0 Å². The van der Waals surface area contributed by atoms with E-state index in [1.807, 2.05) is 0 Å². The summed E-state index contributed by atoms with van der Waals surface area (Å²) in [4.78, 5) is 22.8. The Morgan fingerprint density at radius 1 is 1.31 bits per heavy atom. The Morgan fingerprint density at radius 2 is 2.04 bits per heavy atom. The van der Waals surface area contributed by atoms with Crippen molar-refractivity contribution in [1.82, 2.24) is 0 Å². The molecule has 0 radical (unpaired) electrons. The molecule has 0 atom stereocenters. The molecule has 0 saturated heterocycles. The number of hydrogen-bond acceptors (Lipinski definition) is 5. The summed E-state index contributed by atoms with van der Waals surface area (Å²) >= 11 is 5.65. The smallest absolute Gasteiger partial charge is 0.266 e. The van der Waals surface area contributed by atoms with E-state index >= 15 is 0 Å². The third kappa shape index (κ3) is 5.06. The molecule has 0 aliphatic rings. The summed E-state index contributed by atoms with van der Waals surface area (Å²) in [6.07, 6.45) is 1.24. The van der Waals surface area contributed by atoms with Crippen molar-refractivity contribution < 1.29 is 23.8 Å². The van der Waals surface area contributed by atoms with E-state index in [1.54, 1.807) is 24.3 Å². The second-order valence-corrected chi connectivity index (χ2v) is 5.36. The van der Waals surface area contributed by atoms with Crippen LogP contribution in [0.4, 0.5) is 10.1 Å². The Balaban J connectivity index is 2.24. The number of para-hydroxylation sites is 1. The number of nitriles is 1. The van der Waals surface area contributed by atoms with Crippen LogP contribution in [0.3, 0.4) is 0 Å². The van der Waals surface area contributed by atoms with Gasteiger partial charge in [0.2, 0.25) is 0 Å². The first-order chi connectivity index (χ1) is 12.4. The fourth-order valence-corrected chi connectivity index (χ4v) is 2.12. The summed E-state index contributed by atoms with van der Waals surface area (Å²) < 4.78 is 18.2. The zero-order chi connectivity index (χ0) is 19.1. The molecule has 0 saturated carbocycles. The van der Waals surface area contributed by atoms with Crippen molar-refractivity contribution in [2.24, 2.45) is 0 Å². The first-order valence-electron chi connectivity index (χ1n) is 7.20. The van der Waals surface area contributed by atoms with Crippen LogP contribution < -0.4 is 15.2 Å². The summed E-state index contributed by atoms with van der Waals surface area (Å²) in [7, 11) is 0. The molecule has 0 heterocycles. The highest BCUT2D eigenvalue weighted by Crippen LogP contribution is 2.23. The molecule has 2 aromatic carbocycles. The molecule has 0 aliphatic heterocycles. The Morgan fingerprint density at radius 3 is 2.69 bits per heavy atom. The van der Waals surface area contributed by atoms with E-state index in [2.05, 4.69) is 5.32 Å². The quantitative estimate of drug-likeness (QED) is 0.617. The predicted octanol–water partition coefficient (Wildman–Crippen LogP) is 2.15. The molecule has 8 heteroatoms. The van der Waals surface area contributed by atoms with Gasteiger partial charge in [0.1, 0.15) is 29.8 Å². The van der Waals surface area contributed by atoms with Gasteiger partial charge in [0.05, 0.1) is 11.0 Å². The van der Waals surface area contributed by atoms with Crippen LogP contribution in [0, 0.1) is 17.1 Å². The van der Waals surface area contributed by atoms with E-state index in [0.717, 1.165) is 6.07 Å². The van der Waals surface area contributed by atoms with E-state index in [4.69, 9.17) is 16.3 Å². The number of carbonyl (C=O) groups excluding carboxylic acids is 2. The van der Waals surface area contributed by atoms with Crippen molar-refractivity contribution in [2.75, 3.05) is 11.9 Å². The highest BCUT2D eigenvalue weighted by molar-refractivity contribution is 6.31. The number of anilines is 1. The van der Waals surface area contributed by atoms with Gasteiger partial charge in [0, 0.05) is 11.3 Å². The van der Waals surface area contributed by atoms with E-state index in [9.17, 15) is 24.3 Å². The van der Waals surface area contributed by atoms with Crippen molar-refractivity contribution in [3.8, 4) is 11.8 Å². The molecule has 0 spiro atoms. The topological polar surface area (TPSA) is 102 Å². The minimum Gasteiger partial charge on any atom is -0.546 e. The number of halogens is 2. The highest BCUT2D eigenvalue weighted by Gasteiger charge is 2.12. The first-order valence-corrected chi connectivity index (χ1v) is 7.58. The molecule has 132 valence electrons. The zero-order valence-corrected chi connectivity index (χ0v) is 13.9. The largest absolute Gasteiger partial charge is 0.546 e. The Labute approximate surface area is 153 Å². The molecule has 0 aromatic heterocycles. The molecular weight excluding hydrogens is 363 g/mol. The molecule has 0 aliphatic carbocycles. The van der Waals surface area contributed by atoms with Crippen molar-refractivity contribution >= 4 is 35.2 Å². The monoisotopic (exact) mass is 373 g/mol. The molecule has 1 amide bonds. The van der Waals surface area contributed by atoms with Crippen LogP contribution in [0.25, 0.3) is 6.08 Å². The molecule has 0 unspecified atom stereocenters. The molecule has 6 nitrogen and oxygen atoms in total. The maximum atomic E-state index is 13.2. The number of amides is 1. The van der Waals surface area contributed by atoms with Gasteiger partial charge in [0.15, 0.2) is 0 Å². The first kappa shape index (κ1) is 19.0. The van der Waals surface area contributed by atoms with Gasteiger partial charge in [-0.2, -0.15) is 5.26 Å². The Bertz CT molecular complexity index is 922. The second-order valence-electron chi connectivity index (χ2n) is 4.95. The fourth-order valence-electron chi connectivity index (χ4n) is 1.94. The molecule has 2 aromatic rings. The van der Waals surface area contributed by atoms with Gasteiger partial charge in [-0.05, 0) is 30.3 Å². The van der Waals surface area contributed by atoms with E-state index in [0.29, 0.717) is 5.56 Å². The minimum atomic E-state index is -1.41. The normalized spacial score (nSPS) is 10.7. The second kappa shape index (κ2) is 8.65. The Kier molecular flexibility index (Phi) is 6.31.